The standard InChI is InChI=1S/C15H28N2O2/c1-9-4-5-17(14(9)8-18)15(19)12-7-13(16)11(3)6-10(12)2/h9-14,18H,4-8,16H2,1-3H3. The summed E-state index contributed by atoms with van der Waals surface area (Å²) in [4.78, 5) is 14.6. The molecule has 2 fully saturated rings. The summed E-state index contributed by atoms with van der Waals surface area (Å²) >= 11 is 0. The lowest BCUT2D eigenvalue weighted by molar-refractivity contribution is -0.141. The fourth-order valence-corrected chi connectivity index (χ4v) is 3.80. The van der Waals surface area contributed by atoms with Crippen molar-refractivity contribution in [2.75, 3.05) is 13.2 Å². The van der Waals surface area contributed by atoms with E-state index < -0.39 is 0 Å². The van der Waals surface area contributed by atoms with Gasteiger partial charge in [0.1, 0.15) is 0 Å². The largest absolute Gasteiger partial charge is 0.394 e. The van der Waals surface area contributed by atoms with Gasteiger partial charge in [-0.1, -0.05) is 20.8 Å². The van der Waals surface area contributed by atoms with Crippen LogP contribution >= 0.6 is 0 Å². The Kier molecular flexibility index (Phi) is 4.51. The lowest BCUT2D eigenvalue weighted by Gasteiger charge is -2.39. The van der Waals surface area contributed by atoms with Gasteiger partial charge in [0.2, 0.25) is 5.91 Å². The Hall–Kier alpha value is -0.610. The molecule has 6 atom stereocenters. The molecule has 19 heavy (non-hydrogen) atoms. The van der Waals surface area contributed by atoms with Gasteiger partial charge >= 0.3 is 0 Å². The summed E-state index contributed by atoms with van der Waals surface area (Å²) in [6, 6.07) is 0.146. The Morgan fingerprint density at radius 2 is 1.89 bits per heavy atom. The van der Waals surface area contributed by atoms with Crippen molar-refractivity contribution in [2.24, 2.45) is 29.4 Å². The minimum Gasteiger partial charge on any atom is -0.394 e. The van der Waals surface area contributed by atoms with Gasteiger partial charge < -0.3 is 15.7 Å². The van der Waals surface area contributed by atoms with Crippen molar-refractivity contribution in [3.63, 3.8) is 0 Å². The van der Waals surface area contributed by atoms with Gasteiger partial charge in [0.05, 0.1) is 12.6 Å². The zero-order valence-electron chi connectivity index (χ0n) is 12.4. The van der Waals surface area contributed by atoms with Crippen LogP contribution in [0.15, 0.2) is 0 Å². The minimum atomic E-state index is 0.00951. The molecule has 0 aromatic carbocycles. The molecule has 0 radical (unpaired) electrons. The average molecular weight is 268 g/mol. The van der Waals surface area contributed by atoms with Crippen molar-refractivity contribution in [2.45, 2.75) is 52.1 Å². The first kappa shape index (κ1) is 14.8. The van der Waals surface area contributed by atoms with Gasteiger partial charge in [-0.25, -0.2) is 0 Å². The van der Waals surface area contributed by atoms with Gasteiger partial charge in [-0.05, 0) is 37.0 Å². The molecule has 1 saturated carbocycles. The number of nitrogens with zero attached hydrogens (tertiary/aromatic N) is 1. The van der Waals surface area contributed by atoms with Crippen LogP contribution in [-0.2, 0) is 4.79 Å². The molecule has 4 nitrogen and oxygen atoms in total. The first-order valence-corrected chi connectivity index (χ1v) is 7.62. The maximum Gasteiger partial charge on any atom is 0.226 e. The summed E-state index contributed by atoms with van der Waals surface area (Å²) in [5, 5.41) is 9.50. The summed E-state index contributed by atoms with van der Waals surface area (Å²) in [5.74, 6) is 1.58. The Bertz CT molecular complexity index is 334. The molecule has 1 saturated heterocycles. The fourth-order valence-electron chi connectivity index (χ4n) is 3.80. The molecule has 2 aliphatic rings. The smallest absolute Gasteiger partial charge is 0.226 e. The Balaban J connectivity index is 2.07. The number of carbonyl (C=O) groups is 1. The van der Waals surface area contributed by atoms with Crippen molar-refractivity contribution < 1.29 is 9.90 Å². The second-order valence-corrected chi connectivity index (χ2v) is 6.74. The molecule has 0 aromatic heterocycles. The number of aliphatic hydroxyl groups is 1. The molecule has 0 spiro atoms. The van der Waals surface area contributed by atoms with Crippen LogP contribution in [0.3, 0.4) is 0 Å². The fraction of sp³-hybridized carbons (Fsp3) is 0.933. The predicted molar refractivity (Wildman–Crippen MR) is 75.4 cm³/mol. The first-order valence-electron chi connectivity index (χ1n) is 7.62. The number of rotatable bonds is 2. The third-order valence-corrected chi connectivity index (χ3v) is 5.36. The number of carbonyl (C=O) groups excluding carboxylic acids is 1. The van der Waals surface area contributed by atoms with Crippen LogP contribution in [0.4, 0.5) is 0 Å². The van der Waals surface area contributed by atoms with Crippen molar-refractivity contribution in [1.29, 1.82) is 0 Å². The number of amides is 1. The molecular weight excluding hydrogens is 240 g/mol. The highest BCUT2D eigenvalue weighted by atomic mass is 16.3. The number of likely N-dealkylation sites (tertiary alicyclic amines) is 1. The normalized spacial score (nSPS) is 43.5. The van der Waals surface area contributed by atoms with Crippen molar-refractivity contribution in [3.05, 3.63) is 0 Å². The number of hydrogen-bond acceptors (Lipinski definition) is 3. The van der Waals surface area contributed by atoms with Gasteiger partial charge in [0, 0.05) is 18.5 Å². The minimum absolute atomic E-state index is 0.00951. The van der Waals surface area contributed by atoms with E-state index in [0.717, 1.165) is 25.8 Å². The van der Waals surface area contributed by atoms with E-state index in [1.54, 1.807) is 0 Å². The Morgan fingerprint density at radius 1 is 1.21 bits per heavy atom. The zero-order chi connectivity index (χ0) is 14.2. The van der Waals surface area contributed by atoms with Crippen molar-refractivity contribution in [3.8, 4) is 0 Å². The van der Waals surface area contributed by atoms with Gasteiger partial charge in [-0.15, -0.1) is 0 Å². The van der Waals surface area contributed by atoms with Crippen LogP contribution in [0.1, 0.15) is 40.0 Å². The molecule has 6 unspecified atom stereocenters. The quantitative estimate of drug-likeness (QED) is 0.791. The molecule has 2 rings (SSSR count). The average Bonchev–Trinajstić information content (AvgIpc) is 2.74. The second-order valence-electron chi connectivity index (χ2n) is 6.74. The number of aliphatic hydroxyl groups excluding tert-OH is 1. The number of hydrogen-bond donors (Lipinski definition) is 2. The maximum atomic E-state index is 12.7. The first-order chi connectivity index (χ1) is 8.95. The third kappa shape index (κ3) is 2.79. The maximum absolute atomic E-state index is 12.7. The summed E-state index contributed by atoms with van der Waals surface area (Å²) in [6.07, 6.45) is 2.83. The third-order valence-electron chi connectivity index (χ3n) is 5.36. The molecule has 4 heteroatoms. The Morgan fingerprint density at radius 3 is 2.53 bits per heavy atom. The van der Waals surface area contributed by atoms with E-state index in [4.69, 9.17) is 5.73 Å². The van der Waals surface area contributed by atoms with E-state index in [2.05, 4.69) is 20.8 Å². The van der Waals surface area contributed by atoms with Crippen LogP contribution < -0.4 is 5.73 Å². The summed E-state index contributed by atoms with van der Waals surface area (Å²) < 4.78 is 0. The molecule has 3 N–H and O–H groups in total. The molecule has 110 valence electrons. The van der Waals surface area contributed by atoms with Crippen LogP contribution in [0, 0.1) is 23.7 Å². The summed E-state index contributed by atoms with van der Waals surface area (Å²) in [5.41, 5.74) is 6.14. The molecule has 1 amide bonds. The van der Waals surface area contributed by atoms with Crippen LogP contribution in [0.5, 0.6) is 0 Å². The van der Waals surface area contributed by atoms with Crippen molar-refractivity contribution in [1.82, 2.24) is 4.90 Å². The highest BCUT2D eigenvalue weighted by Crippen LogP contribution is 2.36. The molecular formula is C15H28N2O2. The van der Waals surface area contributed by atoms with Gasteiger partial charge in [-0.2, -0.15) is 0 Å². The lowest BCUT2D eigenvalue weighted by Crippen LogP contribution is -2.49. The molecule has 0 aromatic rings. The second kappa shape index (κ2) is 5.80. The predicted octanol–water partition coefficient (Wildman–Crippen LogP) is 1.23. The van der Waals surface area contributed by atoms with E-state index in [0.29, 0.717) is 17.8 Å². The van der Waals surface area contributed by atoms with E-state index in [-0.39, 0.29) is 30.5 Å². The molecule has 1 aliphatic heterocycles. The monoisotopic (exact) mass is 268 g/mol. The molecule has 0 bridgehead atoms. The lowest BCUT2D eigenvalue weighted by atomic mass is 9.72. The Labute approximate surface area is 116 Å². The van der Waals surface area contributed by atoms with E-state index in [1.165, 1.54) is 0 Å². The van der Waals surface area contributed by atoms with Crippen LogP contribution in [0.2, 0.25) is 0 Å². The van der Waals surface area contributed by atoms with Crippen LogP contribution in [0.25, 0.3) is 0 Å². The van der Waals surface area contributed by atoms with Crippen molar-refractivity contribution >= 4 is 5.91 Å². The van der Waals surface area contributed by atoms with Gasteiger partial charge in [0.15, 0.2) is 0 Å². The summed E-state index contributed by atoms with van der Waals surface area (Å²) in [7, 11) is 0. The molecule has 1 aliphatic carbocycles. The molecule has 1 heterocycles. The van der Waals surface area contributed by atoms with E-state index in [1.807, 2.05) is 4.90 Å². The highest BCUT2D eigenvalue weighted by Gasteiger charge is 2.41. The zero-order valence-corrected chi connectivity index (χ0v) is 12.4. The van der Waals surface area contributed by atoms with E-state index >= 15 is 0 Å². The van der Waals surface area contributed by atoms with Crippen LogP contribution in [-0.4, -0.2) is 41.1 Å². The highest BCUT2D eigenvalue weighted by molar-refractivity contribution is 5.80. The topological polar surface area (TPSA) is 66.6 Å². The number of nitrogens with two attached hydrogens (primary N) is 1. The summed E-state index contributed by atoms with van der Waals surface area (Å²) in [6.45, 7) is 7.33. The van der Waals surface area contributed by atoms with Gasteiger partial charge in [0.25, 0.3) is 0 Å². The van der Waals surface area contributed by atoms with E-state index in [9.17, 15) is 9.90 Å². The SMILES string of the molecule is CC1CC(C)C(C(=O)N2CCC(C)C2CO)CC1N. The van der Waals surface area contributed by atoms with Gasteiger partial charge in [-0.3, -0.25) is 4.79 Å².